The summed E-state index contributed by atoms with van der Waals surface area (Å²) >= 11 is 0. The summed E-state index contributed by atoms with van der Waals surface area (Å²) in [5.41, 5.74) is 5.01. The largest absolute Gasteiger partial charge is 0.354 e. The van der Waals surface area contributed by atoms with Crippen molar-refractivity contribution >= 4 is 5.69 Å². The van der Waals surface area contributed by atoms with E-state index in [2.05, 4.69) is 59.5 Å². The van der Waals surface area contributed by atoms with Crippen molar-refractivity contribution in [2.75, 3.05) is 11.4 Å². The molecule has 3 nitrogen and oxygen atoms in total. The fourth-order valence-electron chi connectivity index (χ4n) is 3.64. The average molecular weight is 306 g/mol. The highest BCUT2D eigenvalue weighted by molar-refractivity contribution is 5.59. The fourth-order valence-corrected chi connectivity index (χ4v) is 3.64. The molecule has 0 aromatic heterocycles. The second kappa shape index (κ2) is 5.43. The highest BCUT2D eigenvalue weighted by Crippen LogP contribution is 2.36. The van der Waals surface area contributed by atoms with Crippen molar-refractivity contribution in [3.05, 3.63) is 77.5 Å². The van der Waals surface area contributed by atoms with Gasteiger partial charge < -0.3 is 14.9 Å². The monoisotopic (exact) mass is 306 g/mol. The number of para-hydroxylation sites is 1. The molecule has 23 heavy (non-hydrogen) atoms. The number of fused-ring (bicyclic) bond motifs is 2. The van der Waals surface area contributed by atoms with E-state index in [9.17, 15) is 5.11 Å². The van der Waals surface area contributed by atoms with Crippen LogP contribution in [0.25, 0.3) is 0 Å². The van der Waals surface area contributed by atoms with Crippen LogP contribution < -0.4 is 4.90 Å². The fraction of sp³-hybridized carbons (Fsp3) is 0.300. The van der Waals surface area contributed by atoms with Gasteiger partial charge in [-0.3, -0.25) is 0 Å². The third-order valence-electron chi connectivity index (χ3n) is 4.99. The summed E-state index contributed by atoms with van der Waals surface area (Å²) < 4.78 is 0. The molecule has 0 saturated heterocycles. The summed E-state index contributed by atoms with van der Waals surface area (Å²) in [6.07, 6.45) is 6.03. The Labute approximate surface area is 137 Å². The van der Waals surface area contributed by atoms with Crippen molar-refractivity contribution < 1.29 is 5.11 Å². The maximum Gasteiger partial charge on any atom is 0.215 e. The number of aliphatic hydroxyl groups is 1. The van der Waals surface area contributed by atoms with Crippen molar-refractivity contribution in [1.82, 2.24) is 4.90 Å². The molecule has 2 aliphatic heterocycles. The third-order valence-corrected chi connectivity index (χ3v) is 4.99. The first kappa shape index (κ1) is 14.3. The maximum atomic E-state index is 11.3. The highest BCUT2D eigenvalue weighted by atomic mass is 16.3. The predicted molar refractivity (Wildman–Crippen MR) is 93.0 cm³/mol. The quantitative estimate of drug-likeness (QED) is 0.920. The first-order valence-electron chi connectivity index (χ1n) is 8.24. The topological polar surface area (TPSA) is 26.7 Å². The van der Waals surface area contributed by atoms with E-state index in [0.29, 0.717) is 6.54 Å². The third kappa shape index (κ3) is 2.41. The number of hydrogen-bond donors (Lipinski definition) is 1. The lowest BCUT2D eigenvalue weighted by Gasteiger charge is -2.44. The van der Waals surface area contributed by atoms with E-state index in [1.165, 1.54) is 16.7 Å². The molecular formula is C20H22N2O. The van der Waals surface area contributed by atoms with Gasteiger partial charge in [0.2, 0.25) is 5.85 Å². The zero-order valence-corrected chi connectivity index (χ0v) is 13.4. The highest BCUT2D eigenvalue weighted by Gasteiger charge is 2.37. The Bertz CT molecular complexity index is 751. The van der Waals surface area contributed by atoms with Crippen LogP contribution >= 0.6 is 0 Å². The van der Waals surface area contributed by atoms with Crippen LogP contribution in [0.2, 0.25) is 0 Å². The molecule has 1 N–H and O–H groups in total. The van der Waals surface area contributed by atoms with E-state index in [1.807, 2.05) is 18.0 Å². The van der Waals surface area contributed by atoms with Gasteiger partial charge in [-0.05, 0) is 41.8 Å². The summed E-state index contributed by atoms with van der Waals surface area (Å²) in [6.45, 7) is 3.46. The van der Waals surface area contributed by atoms with Gasteiger partial charge in [-0.2, -0.15) is 0 Å². The smallest absolute Gasteiger partial charge is 0.215 e. The van der Waals surface area contributed by atoms with Gasteiger partial charge in [-0.15, -0.1) is 0 Å². The van der Waals surface area contributed by atoms with Gasteiger partial charge in [0, 0.05) is 25.7 Å². The lowest BCUT2D eigenvalue weighted by Crippen LogP contribution is -2.56. The molecule has 2 aromatic rings. The molecule has 2 aliphatic rings. The summed E-state index contributed by atoms with van der Waals surface area (Å²) in [7, 11) is 0. The van der Waals surface area contributed by atoms with E-state index in [0.717, 1.165) is 25.1 Å². The van der Waals surface area contributed by atoms with Crippen LogP contribution in [0, 0.1) is 0 Å². The first-order valence-corrected chi connectivity index (χ1v) is 8.24. The van der Waals surface area contributed by atoms with Crippen LogP contribution in [0.5, 0.6) is 0 Å². The van der Waals surface area contributed by atoms with E-state index in [-0.39, 0.29) is 0 Å². The van der Waals surface area contributed by atoms with E-state index in [1.54, 1.807) is 0 Å². The van der Waals surface area contributed by atoms with Gasteiger partial charge in [0.1, 0.15) is 0 Å². The SMILES string of the molecule is CC(O)(N1C=CCC1)N1Cc2ccccc2Cc2ccccc21. The number of anilines is 1. The number of benzene rings is 2. The maximum absolute atomic E-state index is 11.3. The second-order valence-corrected chi connectivity index (χ2v) is 6.50. The average Bonchev–Trinajstić information content (AvgIpc) is 3.04. The van der Waals surface area contributed by atoms with Crippen molar-refractivity contribution in [1.29, 1.82) is 0 Å². The zero-order valence-electron chi connectivity index (χ0n) is 13.4. The normalized spacial score (nSPS) is 19.0. The molecule has 0 saturated carbocycles. The lowest BCUT2D eigenvalue weighted by atomic mass is 10.0. The molecular weight excluding hydrogens is 284 g/mol. The van der Waals surface area contributed by atoms with Gasteiger partial charge in [-0.1, -0.05) is 48.5 Å². The van der Waals surface area contributed by atoms with E-state index < -0.39 is 5.85 Å². The molecule has 0 fully saturated rings. The van der Waals surface area contributed by atoms with Gasteiger partial charge in [0.25, 0.3) is 0 Å². The summed E-state index contributed by atoms with van der Waals surface area (Å²) in [4.78, 5) is 4.15. The zero-order chi connectivity index (χ0) is 15.9. The lowest BCUT2D eigenvalue weighted by molar-refractivity contribution is -0.0650. The molecule has 0 bridgehead atoms. The number of rotatable bonds is 2. The predicted octanol–water partition coefficient (Wildman–Crippen LogP) is 3.48. The minimum absolute atomic E-state index is 0.713. The molecule has 1 atom stereocenters. The van der Waals surface area contributed by atoms with Gasteiger partial charge in [0.05, 0.1) is 0 Å². The van der Waals surface area contributed by atoms with Crippen molar-refractivity contribution in [2.24, 2.45) is 0 Å². The van der Waals surface area contributed by atoms with Crippen LogP contribution in [0.4, 0.5) is 5.69 Å². The molecule has 118 valence electrons. The molecule has 0 amide bonds. The second-order valence-electron chi connectivity index (χ2n) is 6.50. The van der Waals surface area contributed by atoms with Gasteiger partial charge >= 0.3 is 0 Å². The summed E-state index contributed by atoms with van der Waals surface area (Å²) in [5.74, 6) is -1.04. The molecule has 3 heteroatoms. The Morgan fingerprint density at radius 1 is 0.957 bits per heavy atom. The molecule has 2 aromatic carbocycles. The molecule has 1 unspecified atom stereocenters. The molecule has 2 heterocycles. The number of hydrogen-bond acceptors (Lipinski definition) is 3. The molecule has 0 spiro atoms. The minimum atomic E-state index is -1.04. The Morgan fingerprint density at radius 2 is 1.65 bits per heavy atom. The Morgan fingerprint density at radius 3 is 2.39 bits per heavy atom. The van der Waals surface area contributed by atoms with Crippen LogP contribution in [0.3, 0.4) is 0 Å². The van der Waals surface area contributed by atoms with Crippen LogP contribution in [0.15, 0.2) is 60.8 Å². The Balaban J connectivity index is 1.83. The summed E-state index contributed by atoms with van der Waals surface area (Å²) in [6, 6.07) is 17.0. The van der Waals surface area contributed by atoms with E-state index in [4.69, 9.17) is 0 Å². The van der Waals surface area contributed by atoms with Crippen molar-refractivity contribution in [2.45, 2.75) is 32.2 Å². The standard InChI is InChI=1S/C20H22N2O/c1-20(23,21-12-6-7-13-21)22-15-18-10-3-2-8-16(18)14-17-9-4-5-11-19(17)22/h2-6,8-12,23H,7,13-15H2,1H3. The minimum Gasteiger partial charge on any atom is -0.354 e. The summed E-state index contributed by atoms with van der Waals surface area (Å²) in [5, 5.41) is 11.3. The van der Waals surface area contributed by atoms with Crippen LogP contribution in [0.1, 0.15) is 30.0 Å². The van der Waals surface area contributed by atoms with Gasteiger partial charge in [0.15, 0.2) is 0 Å². The van der Waals surface area contributed by atoms with Crippen molar-refractivity contribution in [3.8, 4) is 0 Å². The first-order chi connectivity index (χ1) is 11.2. The van der Waals surface area contributed by atoms with Gasteiger partial charge in [-0.25, -0.2) is 0 Å². The van der Waals surface area contributed by atoms with E-state index >= 15 is 0 Å². The number of nitrogens with zero attached hydrogens (tertiary/aromatic N) is 2. The van der Waals surface area contributed by atoms with Crippen LogP contribution in [-0.2, 0) is 13.0 Å². The molecule has 4 rings (SSSR count). The Kier molecular flexibility index (Phi) is 3.38. The molecule has 0 radical (unpaired) electrons. The van der Waals surface area contributed by atoms with Crippen LogP contribution in [-0.4, -0.2) is 22.4 Å². The Hall–Kier alpha value is -2.26. The molecule has 0 aliphatic carbocycles. The van der Waals surface area contributed by atoms with Crippen molar-refractivity contribution in [3.63, 3.8) is 0 Å².